The molecule has 0 spiro atoms. The zero-order valence-corrected chi connectivity index (χ0v) is 9.73. The molecule has 0 aliphatic carbocycles. The maximum Gasteiger partial charge on any atom is 0.320 e. The fraction of sp³-hybridized carbons (Fsp3) is 0.909. The molecule has 0 saturated carbocycles. The van der Waals surface area contributed by atoms with E-state index in [-0.39, 0.29) is 12.1 Å². The fourth-order valence-corrected chi connectivity index (χ4v) is 2.43. The van der Waals surface area contributed by atoms with Crippen molar-refractivity contribution in [3.63, 3.8) is 0 Å². The summed E-state index contributed by atoms with van der Waals surface area (Å²) in [6, 6.07) is 0.391. The highest BCUT2D eigenvalue weighted by molar-refractivity contribution is 5.75. The van der Waals surface area contributed by atoms with Crippen molar-refractivity contribution in [1.82, 2.24) is 9.80 Å². The second-order valence-electron chi connectivity index (χ2n) is 4.46. The van der Waals surface area contributed by atoms with Crippen LogP contribution in [0.1, 0.15) is 19.3 Å². The van der Waals surface area contributed by atoms with Crippen LogP contribution in [0.15, 0.2) is 0 Å². The van der Waals surface area contributed by atoms with E-state index in [1.807, 2.05) is 9.80 Å². The predicted octanol–water partition coefficient (Wildman–Crippen LogP) is 0.252. The van der Waals surface area contributed by atoms with Crippen LogP contribution in [-0.4, -0.2) is 61.3 Å². The van der Waals surface area contributed by atoms with Crippen LogP contribution in [0.2, 0.25) is 0 Å². The minimum absolute atomic E-state index is 0.151. The molecule has 2 amide bonds. The number of likely N-dealkylation sites (tertiary alicyclic amines) is 1. The van der Waals surface area contributed by atoms with Crippen molar-refractivity contribution in [3.05, 3.63) is 0 Å². The number of amides is 2. The van der Waals surface area contributed by atoms with Crippen molar-refractivity contribution < 1.29 is 9.53 Å². The van der Waals surface area contributed by atoms with Crippen molar-refractivity contribution in [2.24, 2.45) is 5.73 Å². The largest absolute Gasteiger partial charge is 0.378 e. The molecule has 2 aliphatic heterocycles. The molecule has 1 unspecified atom stereocenters. The van der Waals surface area contributed by atoms with Gasteiger partial charge in [0, 0.05) is 32.2 Å². The third-order valence-electron chi connectivity index (χ3n) is 3.43. The summed E-state index contributed by atoms with van der Waals surface area (Å²) in [4.78, 5) is 16.1. The van der Waals surface area contributed by atoms with Gasteiger partial charge in [-0.1, -0.05) is 0 Å². The summed E-state index contributed by atoms with van der Waals surface area (Å²) in [5.74, 6) is 0. The first-order chi connectivity index (χ1) is 7.83. The molecule has 2 N–H and O–H groups in total. The van der Waals surface area contributed by atoms with E-state index in [4.69, 9.17) is 10.5 Å². The number of ether oxygens (including phenoxy) is 1. The Kier molecular flexibility index (Phi) is 4.01. The number of carbonyl (C=O) groups excluding carboxylic acids is 1. The number of nitrogens with zero attached hydrogens (tertiary/aromatic N) is 2. The Morgan fingerprint density at radius 1 is 1.25 bits per heavy atom. The van der Waals surface area contributed by atoms with Crippen LogP contribution in [0.25, 0.3) is 0 Å². The Hall–Kier alpha value is -0.810. The lowest BCUT2D eigenvalue weighted by atomic mass is 10.0. The third kappa shape index (κ3) is 2.47. The van der Waals surface area contributed by atoms with Gasteiger partial charge in [0.1, 0.15) is 0 Å². The number of morpholine rings is 1. The van der Waals surface area contributed by atoms with E-state index in [1.54, 1.807) is 0 Å². The van der Waals surface area contributed by atoms with Crippen LogP contribution in [0.4, 0.5) is 4.79 Å². The zero-order valence-electron chi connectivity index (χ0n) is 9.73. The topological polar surface area (TPSA) is 58.8 Å². The average molecular weight is 227 g/mol. The van der Waals surface area contributed by atoms with Crippen LogP contribution < -0.4 is 5.73 Å². The van der Waals surface area contributed by atoms with Crippen molar-refractivity contribution in [3.8, 4) is 0 Å². The van der Waals surface area contributed by atoms with Gasteiger partial charge in [0.05, 0.1) is 13.2 Å². The molecule has 0 aromatic rings. The summed E-state index contributed by atoms with van der Waals surface area (Å²) in [6.07, 6.45) is 3.34. The fourth-order valence-electron chi connectivity index (χ4n) is 2.43. The van der Waals surface area contributed by atoms with Gasteiger partial charge in [0.25, 0.3) is 0 Å². The van der Waals surface area contributed by atoms with Crippen LogP contribution in [0.3, 0.4) is 0 Å². The number of hydrogen-bond donors (Lipinski definition) is 1. The summed E-state index contributed by atoms with van der Waals surface area (Å²) < 4.78 is 5.25. The second-order valence-corrected chi connectivity index (χ2v) is 4.46. The highest BCUT2D eigenvalue weighted by atomic mass is 16.5. The van der Waals surface area contributed by atoms with Crippen LogP contribution in [0, 0.1) is 0 Å². The van der Waals surface area contributed by atoms with E-state index in [9.17, 15) is 4.79 Å². The number of hydrogen-bond acceptors (Lipinski definition) is 3. The maximum absolute atomic E-state index is 12.3. The molecular formula is C11H21N3O2. The molecule has 2 aliphatic rings. The number of rotatable bonds is 1. The SMILES string of the molecule is NCC1CCCCN1C(=O)N1CCOCC1. The van der Waals surface area contributed by atoms with Gasteiger partial charge in [-0.2, -0.15) is 0 Å². The van der Waals surface area contributed by atoms with E-state index in [1.165, 1.54) is 6.42 Å². The van der Waals surface area contributed by atoms with E-state index in [0.717, 1.165) is 19.4 Å². The summed E-state index contributed by atoms with van der Waals surface area (Å²) in [5, 5.41) is 0. The van der Waals surface area contributed by atoms with Crippen molar-refractivity contribution >= 4 is 6.03 Å². The second kappa shape index (κ2) is 5.50. The smallest absolute Gasteiger partial charge is 0.320 e. The number of urea groups is 1. The first kappa shape index (κ1) is 11.7. The van der Waals surface area contributed by atoms with Gasteiger partial charge in [-0.3, -0.25) is 0 Å². The van der Waals surface area contributed by atoms with E-state index < -0.39 is 0 Å². The first-order valence-corrected chi connectivity index (χ1v) is 6.16. The van der Waals surface area contributed by atoms with Crippen LogP contribution >= 0.6 is 0 Å². The molecule has 2 fully saturated rings. The van der Waals surface area contributed by atoms with Gasteiger partial charge in [-0.25, -0.2) is 4.79 Å². The average Bonchev–Trinajstić information content (AvgIpc) is 2.39. The molecule has 5 nitrogen and oxygen atoms in total. The molecule has 1 atom stereocenters. The molecule has 0 aromatic heterocycles. The van der Waals surface area contributed by atoms with Gasteiger partial charge in [-0.05, 0) is 19.3 Å². The minimum Gasteiger partial charge on any atom is -0.378 e. The van der Waals surface area contributed by atoms with Crippen molar-refractivity contribution in [1.29, 1.82) is 0 Å². The Morgan fingerprint density at radius 2 is 2.00 bits per heavy atom. The van der Waals surface area contributed by atoms with Crippen molar-refractivity contribution in [2.75, 3.05) is 39.4 Å². The van der Waals surface area contributed by atoms with Crippen molar-refractivity contribution in [2.45, 2.75) is 25.3 Å². The molecular weight excluding hydrogens is 206 g/mol. The summed E-state index contributed by atoms with van der Waals surface area (Å²) in [6.45, 7) is 4.19. The minimum atomic E-state index is 0.151. The Labute approximate surface area is 96.5 Å². The van der Waals surface area contributed by atoms with Gasteiger partial charge >= 0.3 is 6.03 Å². The highest BCUT2D eigenvalue weighted by Crippen LogP contribution is 2.18. The van der Waals surface area contributed by atoms with E-state index in [0.29, 0.717) is 32.8 Å². The van der Waals surface area contributed by atoms with Gasteiger partial charge in [0.2, 0.25) is 0 Å². The van der Waals surface area contributed by atoms with Gasteiger partial charge < -0.3 is 20.3 Å². The maximum atomic E-state index is 12.3. The predicted molar refractivity (Wildman–Crippen MR) is 61.2 cm³/mol. The molecule has 2 rings (SSSR count). The number of carbonyl (C=O) groups is 1. The zero-order chi connectivity index (χ0) is 11.4. The molecule has 0 bridgehead atoms. The molecule has 5 heteroatoms. The van der Waals surface area contributed by atoms with Gasteiger partial charge in [-0.15, -0.1) is 0 Å². The normalized spacial score (nSPS) is 26.9. The first-order valence-electron chi connectivity index (χ1n) is 6.16. The molecule has 0 aromatic carbocycles. The lowest BCUT2D eigenvalue weighted by Gasteiger charge is -2.39. The number of piperidine rings is 1. The molecule has 16 heavy (non-hydrogen) atoms. The Balaban J connectivity index is 1.95. The molecule has 2 saturated heterocycles. The molecule has 92 valence electrons. The van der Waals surface area contributed by atoms with Crippen LogP contribution in [0.5, 0.6) is 0 Å². The van der Waals surface area contributed by atoms with Gasteiger partial charge in [0.15, 0.2) is 0 Å². The Bertz CT molecular complexity index is 241. The molecule has 2 heterocycles. The summed E-state index contributed by atoms with van der Waals surface area (Å²) >= 11 is 0. The summed E-state index contributed by atoms with van der Waals surface area (Å²) in [7, 11) is 0. The summed E-state index contributed by atoms with van der Waals surface area (Å²) in [5.41, 5.74) is 5.72. The lowest BCUT2D eigenvalue weighted by Crippen LogP contribution is -2.54. The lowest BCUT2D eigenvalue weighted by molar-refractivity contribution is 0.0362. The number of nitrogens with two attached hydrogens (primary N) is 1. The van der Waals surface area contributed by atoms with E-state index in [2.05, 4.69) is 0 Å². The quantitative estimate of drug-likeness (QED) is 0.698. The van der Waals surface area contributed by atoms with E-state index >= 15 is 0 Å². The Morgan fingerprint density at radius 3 is 2.69 bits per heavy atom. The highest BCUT2D eigenvalue weighted by Gasteiger charge is 2.29. The monoisotopic (exact) mass is 227 g/mol. The standard InChI is InChI=1S/C11H21N3O2/c12-9-10-3-1-2-4-14(10)11(15)13-5-7-16-8-6-13/h10H,1-9,12H2. The van der Waals surface area contributed by atoms with Crippen LogP contribution in [-0.2, 0) is 4.74 Å². The third-order valence-corrected chi connectivity index (χ3v) is 3.43. The molecule has 0 radical (unpaired) electrons.